The highest BCUT2D eigenvalue weighted by atomic mass is 16.7. The highest BCUT2D eigenvalue weighted by Crippen LogP contribution is 2.34. The first-order chi connectivity index (χ1) is 15.1. The minimum absolute atomic E-state index is 0.0685. The summed E-state index contributed by atoms with van der Waals surface area (Å²) in [6.45, 7) is 7.63. The van der Waals surface area contributed by atoms with Gasteiger partial charge in [0.1, 0.15) is 24.1 Å². The van der Waals surface area contributed by atoms with Gasteiger partial charge >= 0.3 is 0 Å². The first kappa shape index (κ1) is 24.2. The van der Waals surface area contributed by atoms with Gasteiger partial charge in [-0.15, -0.1) is 0 Å². The molecule has 32 heavy (non-hydrogen) atoms. The number of carbonyl (C=O) groups excluding carboxylic acids is 1. The lowest BCUT2D eigenvalue weighted by atomic mass is 9.89. The highest BCUT2D eigenvalue weighted by molar-refractivity contribution is 5.73. The predicted molar refractivity (Wildman–Crippen MR) is 121 cm³/mol. The van der Waals surface area contributed by atoms with Gasteiger partial charge in [-0.3, -0.25) is 4.79 Å². The summed E-state index contributed by atoms with van der Waals surface area (Å²) in [5.41, 5.74) is 3.33. The Balaban J connectivity index is 1.89. The van der Waals surface area contributed by atoms with E-state index in [2.05, 4.69) is 11.4 Å². The molecule has 0 spiro atoms. The molecule has 1 fully saturated rings. The maximum atomic E-state index is 11.3. The van der Waals surface area contributed by atoms with Crippen LogP contribution in [0, 0.1) is 6.92 Å². The van der Waals surface area contributed by atoms with Gasteiger partial charge in [0.05, 0.1) is 5.60 Å². The Morgan fingerprint density at radius 3 is 2.56 bits per heavy atom. The average molecular weight is 444 g/mol. The van der Waals surface area contributed by atoms with E-state index in [1.54, 1.807) is 19.9 Å². The number of hydrogen-bond donors (Lipinski definition) is 3. The molecule has 0 aliphatic carbocycles. The quantitative estimate of drug-likeness (QED) is 0.609. The van der Waals surface area contributed by atoms with E-state index >= 15 is 0 Å². The van der Waals surface area contributed by atoms with Crippen molar-refractivity contribution in [2.24, 2.45) is 0 Å². The molecule has 2 aromatic carbocycles. The Morgan fingerprint density at radius 1 is 1.16 bits per heavy atom. The summed E-state index contributed by atoms with van der Waals surface area (Å²) >= 11 is 0. The monoisotopic (exact) mass is 443 g/mol. The van der Waals surface area contributed by atoms with Crippen LogP contribution in [0.15, 0.2) is 42.5 Å². The number of aryl methyl sites for hydroxylation is 1. The molecule has 1 aliphatic heterocycles. The van der Waals surface area contributed by atoms with Gasteiger partial charge in [0, 0.05) is 20.6 Å². The summed E-state index contributed by atoms with van der Waals surface area (Å²) < 4.78 is 17.3. The summed E-state index contributed by atoms with van der Waals surface area (Å²) in [7, 11) is 1.47. The maximum absolute atomic E-state index is 11.3. The third kappa shape index (κ3) is 5.48. The van der Waals surface area contributed by atoms with E-state index in [1.165, 1.54) is 14.0 Å². The van der Waals surface area contributed by atoms with Crippen molar-refractivity contribution >= 4 is 5.91 Å². The highest BCUT2D eigenvalue weighted by Gasteiger charge is 2.50. The minimum Gasteiger partial charge on any atom is -0.462 e. The number of aliphatic hydroxyl groups excluding tert-OH is 2. The van der Waals surface area contributed by atoms with Gasteiger partial charge in [-0.25, -0.2) is 0 Å². The van der Waals surface area contributed by atoms with Crippen molar-refractivity contribution in [3.63, 3.8) is 0 Å². The number of methoxy groups -OCH3 is 1. The molecule has 4 atom stereocenters. The molecule has 1 heterocycles. The van der Waals surface area contributed by atoms with Crippen LogP contribution in [-0.2, 0) is 20.7 Å². The number of nitrogens with one attached hydrogen (secondary N) is 1. The standard InChI is InChI=1S/C25H33NO6/c1-15-7-6-8-18(13-15)20-14-19(10-9-17(20)11-12-26-16(2)27)31-24-22(29)21(28)23(30-5)25(3,4)32-24/h6-10,13-14,21-24,28-29H,11-12H2,1-5H3,(H,26,27)/t21-,22+,23+,24+/m0/s1. The van der Waals surface area contributed by atoms with Crippen LogP contribution in [0.1, 0.15) is 31.9 Å². The Hall–Kier alpha value is -2.45. The van der Waals surface area contributed by atoms with Gasteiger partial charge in [0.2, 0.25) is 12.2 Å². The average Bonchev–Trinajstić information content (AvgIpc) is 2.72. The summed E-state index contributed by atoms with van der Waals surface area (Å²) in [5.74, 6) is 0.439. The molecule has 3 N–H and O–H groups in total. The largest absolute Gasteiger partial charge is 0.462 e. The number of amides is 1. The van der Waals surface area contributed by atoms with Crippen LogP contribution < -0.4 is 10.1 Å². The third-order valence-corrected chi connectivity index (χ3v) is 5.73. The molecule has 0 bridgehead atoms. The summed E-state index contributed by atoms with van der Waals surface area (Å²) in [4.78, 5) is 11.3. The second-order valence-corrected chi connectivity index (χ2v) is 8.77. The van der Waals surface area contributed by atoms with Gasteiger partial charge in [0.25, 0.3) is 0 Å². The topological polar surface area (TPSA) is 97.3 Å². The zero-order chi connectivity index (χ0) is 23.5. The van der Waals surface area contributed by atoms with Gasteiger partial charge in [-0.2, -0.15) is 0 Å². The summed E-state index contributed by atoms with van der Waals surface area (Å²) in [6, 6.07) is 13.8. The van der Waals surface area contributed by atoms with Crippen LogP contribution in [0.25, 0.3) is 11.1 Å². The smallest absolute Gasteiger partial charge is 0.229 e. The molecule has 7 nitrogen and oxygen atoms in total. The van der Waals surface area contributed by atoms with E-state index in [4.69, 9.17) is 14.2 Å². The first-order valence-electron chi connectivity index (χ1n) is 10.8. The lowest BCUT2D eigenvalue weighted by molar-refractivity contribution is -0.305. The number of rotatable bonds is 7. The Labute approximate surface area is 189 Å². The Kier molecular flexibility index (Phi) is 7.56. The van der Waals surface area contributed by atoms with Crippen molar-refractivity contribution in [1.82, 2.24) is 5.32 Å². The van der Waals surface area contributed by atoms with Gasteiger partial charge < -0.3 is 29.7 Å². The molecule has 0 aromatic heterocycles. The van der Waals surface area contributed by atoms with Crippen LogP contribution in [0.4, 0.5) is 0 Å². The maximum Gasteiger partial charge on any atom is 0.229 e. The molecule has 0 radical (unpaired) electrons. The van der Waals surface area contributed by atoms with Crippen LogP contribution in [-0.4, -0.2) is 60.0 Å². The van der Waals surface area contributed by atoms with Crippen LogP contribution in [0.2, 0.25) is 0 Å². The van der Waals surface area contributed by atoms with Crippen LogP contribution in [0.5, 0.6) is 5.75 Å². The zero-order valence-electron chi connectivity index (χ0n) is 19.3. The number of hydrogen-bond acceptors (Lipinski definition) is 6. The molecule has 3 rings (SSSR count). The van der Waals surface area contributed by atoms with Gasteiger partial charge in [0.15, 0.2) is 0 Å². The molecular formula is C25H33NO6. The molecule has 174 valence electrons. The van der Waals surface area contributed by atoms with Crippen LogP contribution in [0.3, 0.4) is 0 Å². The normalized spacial score (nSPS) is 24.7. The summed E-state index contributed by atoms with van der Waals surface area (Å²) in [5, 5.41) is 23.9. The zero-order valence-corrected chi connectivity index (χ0v) is 19.3. The lowest BCUT2D eigenvalue weighted by Crippen LogP contribution is -2.63. The molecule has 1 aliphatic rings. The van der Waals surface area contributed by atoms with Gasteiger partial charge in [-0.05, 0) is 56.0 Å². The minimum atomic E-state index is -1.27. The number of ether oxygens (including phenoxy) is 3. The Morgan fingerprint density at radius 2 is 1.91 bits per heavy atom. The van der Waals surface area contributed by atoms with E-state index < -0.39 is 30.2 Å². The van der Waals surface area contributed by atoms with E-state index in [0.717, 1.165) is 22.3 Å². The number of benzene rings is 2. The molecule has 1 amide bonds. The molecule has 0 unspecified atom stereocenters. The molecule has 2 aromatic rings. The fourth-order valence-corrected chi connectivity index (χ4v) is 4.14. The van der Waals surface area contributed by atoms with Gasteiger partial charge in [-0.1, -0.05) is 35.9 Å². The van der Waals surface area contributed by atoms with Crippen molar-refractivity contribution in [1.29, 1.82) is 0 Å². The first-order valence-corrected chi connectivity index (χ1v) is 10.8. The fourth-order valence-electron chi connectivity index (χ4n) is 4.14. The van der Waals surface area contributed by atoms with Crippen LogP contribution >= 0.6 is 0 Å². The predicted octanol–water partition coefficient (Wildman–Crippen LogP) is 2.59. The van der Waals surface area contributed by atoms with Crippen molar-refractivity contribution in [2.75, 3.05) is 13.7 Å². The molecule has 0 saturated carbocycles. The number of carbonyl (C=O) groups is 1. The summed E-state index contributed by atoms with van der Waals surface area (Å²) in [6.07, 6.45) is -3.50. The van der Waals surface area contributed by atoms with E-state index in [1.807, 2.05) is 37.3 Å². The SMILES string of the molecule is CO[C@@H]1[C@@H](O)[C@@H](O)[C@H](Oc2ccc(CCNC(C)=O)c(-c3cccc(C)c3)c2)OC1(C)C. The third-order valence-electron chi connectivity index (χ3n) is 5.73. The fraction of sp³-hybridized carbons (Fsp3) is 0.480. The van der Waals surface area contributed by atoms with Crippen molar-refractivity contribution in [2.45, 2.75) is 64.3 Å². The van der Waals surface area contributed by atoms with E-state index in [0.29, 0.717) is 18.7 Å². The van der Waals surface area contributed by atoms with E-state index in [-0.39, 0.29) is 5.91 Å². The van der Waals surface area contributed by atoms with Crippen molar-refractivity contribution in [3.05, 3.63) is 53.6 Å². The second-order valence-electron chi connectivity index (χ2n) is 8.77. The van der Waals surface area contributed by atoms with E-state index in [9.17, 15) is 15.0 Å². The molecular weight excluding hydrogens is 410 g/mol. The lowest BCUT2D eigenvalue weighted by Gasteiger charge is -2.46. The molecule has 7 heteroatoms. The molecule has 1 saturated heterocycles. The Bertz CT molecular complexity index is 944. The number of aliphatic hydroxyl groups is 2. The van der Waals surface area contributed by atoms with Crippen molar-refractivity contribution in [3.8, 4) is 16.9 Å². The van der Waals surface area contributed by atoms with Crippen molar-refractivity contribution < 1.29 is 29.2 Å². The second kappa shape index (κ2) is 10.0.